The fourth-order valence-corrected chi connectivity index (χ4v) is 3.90. The second kappa shape index (κ2) is 8.27. The van der Waals surface area contributed by atoms with Crippen LogP contribution in [-0.4, -0.2) is 25.2 Å². The number of hydrogen-bond donors (Lipinski definition) is 1. The largest absolute Gasteiger partial charge is 0.447 e. The summed E-state index contributed by atoms with van der Waals surface area (Å²) >= 11 is 0. The smallest absolute Gasteiger partial charge is 0.414 e. The van der Waals surface area contributed by atoms with E-state index in [1.54, 1.807) is 17.0 Å². The lowest BCUT2D eigenvalue weighted by Gasteiger charge is -2.20. The molecule has 2 aliphatic rings. The molecule has 1 saturated heterocycles. The standard InChI is InChI=1S/C24H28N2O3/c1-16(2)14-17-6-8-18(9-7-17)22(19-10-11-19)25-23(27)20-4-3-5-21(15-20)26-12-13-29-24(26)28/h3-9,15-16,19,22H,10-14H2,1-2H3,(H,25,27). The molecule has 4 rings (SSSR count). The maximum absolute atomic E-state index is 13.0. The summed E-state index contributed by atoms with van der Waals surface area (Å²) in [5, 5.41) is 3.23. The van der Waals surface area contributed by atoms with Gasteiger partial charge in [0.05, 0.1) is 12.6 Å². The zero-order valence-electron chi connectivity index (χ0n) is 17.1. The maximum Gasteiger partial charge on any atom is 0.414 e. The van der Waals surface area contributed by atoms with E-state index < -0.39 is 0 Å². The van der Waals surface area contributed by atoms with E-state index in [0.29, 0.717) is 36.2 Å². The van der Waals surface area contributed by atoms with Gasteiger partial charge in [0, 0.05) is 11.3 Å². The van der Waals surface area contributed by atoms with Crippen molar-refractivity contribution < 1.29 is 14.3 Å². The van der Waals surface area contributed by atoms with E-state index in [1.165, 1.54) is 5.56 Å². The summed E-state index contributed by atoms with van der Waals surface area (Å²) in [5.74, 6) is 1.01. The van der Waals surface area contributed by atoms with Crippen LogP contribution in [0.3, 0.4) is 0 Å². The van der Waals surface area contributed by atoms with Gasteiger partial charge in [0.15, 0.2) is 0 Å². The number of nitrogens with zero attached hydrogens (tertiary/aromatic N) is 1. The van der Waals surface area contributed by atoms with Crippen LogP contribution < -0.4 is 10.2 Å². The minimum absolute atomic E-state index is 0.0241. The van der Waals surface area contributed by atoms with Gasteiger partial charge < -0.3 is 10.1 Å². The van der Waals surface area contributed by atoms with Gasteiger partial charge in [-0.25, -0.2) is 4.79 Å². The SMILES string of the molecule is CC(C)Cc1ccc(C(NC(=O)c2cccc(N3CCOC3=O)c2)C2CC2)cc1. The molecule has 5 heteroatoms. The topological polar surface area (TPSA) is 58.6 Å². The zero-order valence-corrected chi connectivity index (χ0v) is 17.1. The zero-order chi connectivity index (χ0) is 20.4. The van der Waals surface area contributed by atoms with E-state index in [9.17, 15) is 9.59 Å². The van der Waals surface area contributed by atoms with E-state index in [2.05, 4.69) is 43.4 Å². The number of hydrogen-bond acceptors (Lipinski definition) is 3. The first-order valence-corrected chi connectivity index (χ1v) is 10.5. The summed E-state index contributed by atoms with van der Waals surface area (Å²) < 4.78 is 5.00. The summed E-state index contributed by atoms with van der Waals surface area (Å²) in [6.07, 6.45) is 2.98. The van der Waals surface area contributed by atoms with Gasteiger partial charge in [-0.15, -0.1) is 0 Å². The molecule has 2 amide bonds. The second-order valence-electron chi connectivity index (χ2n) is 8.44. The summed E-state index contributed by atoms with van der Waals surface area (Å²) in [4.78, 5) is 26.3. The van der Waals surface area contributed by atoms with Crippen molar-refractivity contribution in [2.75, 3.05) is 18.1 Å². The number of carbonyl (C=O) groups excluding carboxylic acids is 2. The third-order valence-electron chi connectivity index (χ3n) is 5.54. The molecule has 1 saturated carbocycles. The number of anilines is 1. The number of ether oxygens (including phenoxy) is 1. The Morgan fingerprint density at radius 1 is 1.17 bits per heavy atom. The highest BCUT2D eigenvalue weighted by Gasteiger charge is 2.33. The third kappa shape index (κ3) is 4.61. The van der Waals surface area contributed by atoms with E-state index in [0.717, 1.165) is 24.8 Å². The molecule has 1 unspecified atom stereocenters. The third-order valence-corrected chi connectivity index (χ3v) is 5.54. The second-order valence-corrected chi connectivity index (χ2v) is 8.44. The van der Waals surface area contributed by atoms with E-state index in [1.807, 2.05) is 12.1 Å². The van der Waals surface area contributed by atoms with Crippen molar-refractivity contribution in [3.63, 3.8) is 0 Å². The Morgan fingerprint density at radius 3 is 2.55 bits per heavy atom. The average molecular weight is 392 g/mol. The van der Waals surface area contributed by atoms with Crippen molar-refractivity contribution in [1.29, 1.82) is 0 Å². The first-order valence-electron chi connectivity index (χ1n) is 10.5. The Labute approximate surface area is 172 Å². The maximum atomic E-state index is 13.0. The highest BCUT2D eigenvalue weighted by atomic mass is 16.6. The van der Waals surface area contributed by atoms with Crippen molar-refractivity contribution in [2.24, 2.45) is 11.8 Å². The predicted molar refractivity (Wildman–Crippen MR) is 113 cm³/mol. The van der Waals surface area contributed by atoms with Crippen LogP contribution in [0.4, 0.5) is 10.5 Å². The van der Waals surface area contributed by atoms with Gasteiger partial charge in [-0.05, 0) is 60.4 Å². The summed E-state index contributed by atoms with van der Waals surface area (Å²) in [6, 6.07) is 15.9. The monoisotopic (exact) mass is 392 g/mol. The molecule has 29 heavy (non-hydrogen) atoms. The quantitative estimate of drug-likeness (QED) is 0.741. The Kier molecular flexibility index (Phi) is 5.56. The van der Waals surface area contributed by atoms with Crippen LogP contribution in [0.15, 0.2) is 48.5 Å². The highest BCUT2D eigenvalue weighted by Crippen LogP contribution is 2.41. The minimum Gasteiger partial charge on any atom is -0.447 e. The van der Waals surface area contributed by atoms with Crippen molar-refractivity contribution in [3.05, 3.63) is 65.2 Å². The molecule has 1 aliphatic carbocycles. The minimum atomic E-state index is -0.361. The first kappa shape index (κ1) is 19.5. The predicted octanol–water partition coefficient (Wildman–Crippen LogP) is 4.72. The van der Waals surface area contributed by atoms with Crippen LogP contribution in [0.1, 0.15) is 54.2 Å². The molecule has 0 spiro atoms. The van der Waals surface area contributed by atoms with Gasteiger partial charge in [0.2, 0.25) is 0 Å². The number of rotatable bonds is 7. The molecule has 1 aliphatic heterocycles. The van der Waals surface area contributed by atoms with Crippen molar-refractivity contribution in [3.8, 4) is 0 Å². The van der Waals surface area contributed by atoms with E-state index in [4.69, 9.17) is 4.74 Å². The molecule has 2 aromatic rings. The van der Waals surface area contributed by atoms with Gasteiger partial charge in [0.1, 0.15) is 6.61 Å². The first-order chi connectivity index (χ1) is 14.0. The molecular formula is C24H28N2O3. The highest BCUT2D eigenvalue weighted by molar-refractivity contribution is 5.97. The lowest BCUT2D eigenvalue weighted by atomic mass is 9.97. The van der Waals surface area contributed by atoms with Gasteiger partial charge in [-0.1, -0.05) is 44.2 Å². The number of carbonyl (C=O) groups is 2. The lowest BCUT2D eigenvalue weighted by Crippen LogP contribution is -2.30. The summed E-state index contributed by atoms with van der Waals surface area (Å²) in [6.45, 7) is 5.33. The molecule has 152 valence electrons. The Bertz CT molecular complexity index is 887. The molecule has 0 radical (unpaired) electrons. The average Bonchev–Trinajstić information content (AvgIpc) is 3.46. The summed E-state index contributed by atoms with van der Waals surface area (Å²) in [5.41, 5.74) is 3.74. The van der Waals surface area contributed by atoms with Gasteiger partial charge in [-0.2, -0.15) is 0 Å². The molecule has 0 bridgehead atoms. The molecule has 1 atom stereocenters. The normalized spacial score (nSPS) is 17.3. The van der Waals surface area contributed by atoms with Crippen LogP contribution >= 0.6 is 0 Å². The summed E-state index contributed by atoms with van der Waals surface area (Å²) in [7, 11) is 0. The van der Waals surface area contributed by atoms with Crippen molar-refractivity contribution in [2.45, 2.75) is 39.2 Å². The molecule has 1 N–H and O–H groups in total. The Morgan fingerprint density at radius 2 is 1.93 bits per heavy atom. The van der Waals surface area contributed by atoms with Gasteiger partial charge in [-0.3, -0.25) is 9.69 Å². The van der Waals surface area contributed by atoms with Crippen LogP contribution in [0.25, 0.3) is 0 Å². The molecule has 5 nitrogen and oxygen atoms in total. The van der Waals surface area contributed by atoms with Crippen molar-refractivity contribution in [1.82, 2.24) is 5.32 Å². The van der Waals surface area contributed by atoms with Crippen molar-refractivity contribution >= 4 is 17.7 Å². The number of amides is 2. The number of cyclic esters (lactones) is 1. The number of nitrogens with one attached hydrogen (secondary N) is 1. The fraction of sp³-hybridized carbons (Fsp3) is 0.417. The van der Waals surface area contributed by atoms with Gasteiger partial charge in [0.25, 0.3) is 5.91 Å². The molecule has 2 fully saturated rings. The molecule has 1 heterocycles. The Balaban J connectivity index is 1.49. The van der Waals surface area contributed by atoms with E-state index >= 15 is 0 Å². The molecule has 2 aromatic carbocycles. The molecule has 0 aromatic heterocycles. The fourth-order valence-electron chi connectivity index (χ4n) is 3.90. The number of benzene rings is 2. The Hall–Kier alpha value is -2.82. The van der Waals surface area contributed by atoms with Crippen LogP contribution in [-0.2, 0) is 11.2 Å². The van der Waals surface area contributed by atoms with Crippen LogP contribution in [0.2, 0.25) is 0 Å². The van der Waals surface area contributed by atoms with Crippen LogP contribution in [0.5, 0.6) is 0 Å². The lowest BCUT2D eigenvalue weighted by molar-refractivity contribution is 0.0931. The van der Waals surface area contributed by atoms with E-state index in [-0.39, 0.29) is 18.0 Å². The molecular weight excluding hydrogens is 364 g/mol. The van der Waals surface area contributed by atoms with Gasteiger partial charge >= 0.3 is 6.09 Å². The van der Waals surface area contributed by atoms with Crippen LogP contribution in [0, 0.1) is 11.8 Å².